The molecule has 4 nitrogen and oxygen atoms in total. The van der Waals surface area contributed by atoms with E-state index in [0.29, 0.717) is 6.04 Å². The van der Waals surface area contributed by atoms with Crippen molar-refractivity contribution in [2.75, 3.05) is 0 Å². The van der Waals surface area contributed by atoms with Crippen LogP contribution in [0.5, 0.6) is 0 Å². The van der Waals surface area contributed by atoms with Gasteiger partial charge in [-0.1, -0.05) is 18.2 Å². The molecule has 2 aromatic heterocycles. The third-order valence-corrected chi connectivity index (χ3v) is 4.96. The summed E-state index contributed by atoms with van der Waals surface area (Å²) >= 11 is 1.82. The number of fused-ring (bicyclic) bond motifs is 2. The normalized spacial score (nSPS) is 18.3. The Morgan fingerprint density at radius 2 is 2.30 bits per heavy atom. The topological polar surface area (TPSA) is 42.7 Å². The predicted molar refractivity (Wildman–Crippen MR) is 80.8 cm³/mol. The Morgan fingerprint density at radius 1 is 1.35 bits per heavy atom. The van der Waals surface area contributed by atoms with E-state index in [2.05, 4.69) is 45.0 Å². The highest BCUT2D eigenvalue weighted by Crippen LogP contribution is 2.25. The van der Waals surface area contributed by atoms with Gasteiger partial charge in [-0.3, -0.25) is 0 Å². The van der Waals surface area contributed by atoms with Crippen molar-refractivity contribution >= 4 is 21.4 Å². The van der Waals surface area contributed by atoms with Crippen LogP contribution in [-0.2, 0) is 19.5 Å². The average Bonchev–Trinajstić information content (AvgIpc) is 3.11. The van der Waals surface area contributed by atoms with Crippen molar-refractivity contribution in [1.82, 2.24) is 20.1 Å². The summed E-state index contributed by atoms with van der Waals surface area (Å²) in [5, 5.41) is 11.6. The van der Waals surface area contributed by atoms with E-state index in [1.165, 1.54) is 15.6 Å². The highest BCUT2D eigenvalue weighted by molar-refractivity contribution is 7.17. The first-order valence-corrected chi connectivity index (χ1v) is 7.83. The van der Waals surface area contributed by atoms with Crippen LogP contribution in [-0.4, -0.2) is 20.8 Å². The van der Waals surface area contributed by atoms with Gasteiger partial charge in [0.25, 0.3) is 0 Å². The van der Waals surface area contributed by atoms with Gasteiger partial charge in [-0.15, -0.1) is 11.3 Å². The minimum absolute atomic E-state index is 0.489. The molecule has 0 unspecified atom stereocenters. The van der Waals surface area contributed by atoms with Gasteiger partial charge in [-0.05, 0) is 28.8 Å². The van der Waals surface area contributed by atoms with E-state index in [1.807, 2.05) is 16.0 Å². The molecule has 3 aromatic rings. The quantitative estimate of drug-likeness (QED) is 0.804. The highest BCUT2D eigenvalue weighted by atomic mass is 32.1. The maximum absolute atomic E-state index is 4.27. The van der Waals surface area contributed by atoms with Crippen molar-refractivity contribution < 1.29 is 0 Å². The van der Waals surface area contributed by atoms with Crippen LogP contribution in [0.15, 0.2) is 36.0 Å². The number of rotatable bonds is 3. The third-order valence-electron chi connectivity index (χ3n) is 3.95. The molecule has 3 heterocycles. The van der Waals surface area contributed by atoms with Crippen LogP contribution < -0.4 is 5.32 Å². The Kier molecular flexibility index (Phi) is 3.01. The van der Waals surface area contributed by atoms with E-state index in [1.54, 1.807) is 6.33 Å². The van der Waals surface area contributed by atoms with Gasteiger partial charge in [-0.25, -0.2) is 9.67 Å². The van der Waals surface area contributed by atoms with Gasteiger partial charge < -0.3 is 5.32 Å². The molecule has 0 amide bonds. The fourth-order valence-corrected chi connectivity index (χ4v) is 3.79. The van der Waals surface area contributed by atoms with E-state index in [-0.39, 0.29) is 0 Å². The zero-order chi connectivity index (χ0) is 13.4. The van der Waals surface area contributed by atoms with Gasteiger partial charge in [-0.2, -0.15) is 5.10 Å². The minimum Gasteiger partial charge on any atom is -0.308 e. The van der Waals surface area contributed by atoms with Crippen LogP contribution in [0.4, 0.5) is 0 Å². The van der Waals surface area contributed by atoms with Gasteiger partial charge in [0.2, 0.25) is 0 Å². The number of benzene rings is 1. The van der Waals surface area contributed by atoms with Crippen molar-refractivity contribution in [2.45, 2.75) is 32.0 Å². The Bertz CT molecular complexity index is 730. The van der Waals surface area contributed by atoms with Gasteiger partial charge >= 0.3 is 0 Å². The number of aromatic nitrogens is 3. The van der Waals surface area contributed by atoms with Crippen molar-refractivity contribution in [2.24, 2.45) is 0 Å². The molecule has 102 valence electrons. The van der Waals surface area contributed by atoms with E-state index in [0.717, 1.165) is 31.8 Å². The lowest BCUT2D eigenvalue weighted by molar-refractivity contribution is 0.358. The second kappa shape index (κ2) is 5.00. The van der Waals surface area contributed by atoms with Crippen LogP contribution in [0.1, 0.15) is 17.8 Å². The number of aryl methyl sites for hydroxylation is 1. The number of hydrogen-bond donors (Lipinski definition) is 1. The molecular formula is C15H16N4S. The van der Waals surface area contributed by atoms with Crippen LogP contribution in [0.2, 0.25) is 0 Å². The number of nitrogens with zero attached hydrogens (tertiary/aromatic N) is 3. The van der Waals surface area contributed by atoms with Crippen molar-refractivity contribution in [3.05, 3.63) is 47.4 Å². The largest absolute Gasteiger partial charge is 0.308 e. The molecule has 1 atom stereocenters. The highest BCUT2D eigenvalue weighted by Gasteiger charge is 2.19. The maximum Gasteiger partial charge on any atom is 0.138 e. The molecule has 0 spiro atoms. The third kappa shape index (κ3) is 2.13. The molecule has 4 rings (SSSR count). The van der Waals surface area contributed by atoms with E-state index in [4.69, 9.17) is 0 Å². The van der Waals surface area contributed by atoms with Crippen LogP contribution in [0.25, 0.3) is 10.1 Å². The molecule has 1 aromatic carbocycles. The second-order valence-corrected chi connectivity index (χ2v) is 6.14. The molecule has 20 heavy (non-hydrogen) atoms. The summed E-state index contributed by atoms with van der Waals surface area (Å²) in [6, 6.07) is 9.10. The van der Waals surface area contributed by atoms with Crippen LogP contribution in [0, 0.1) is 0 Å². The molecular weight excluding hydrogens is 268 g/mol. The zero-order valence-electron chi connectivity index (χ0n) is 11.1. The van der Waals surface area contributed by atoms with Crippen LogP contribution in [0.3, 0.4) is 0 Å². The maximum atomic E-state index is 4.27. The molecule has 1 aliphatic heterocycles. The molecule has 0 saturated heterocycles. The Hall–Kier alpha value is -1.72. The lowest BCUT2D eigenvalue weighted by Crippen LogP contribution is -2.37. The monoisotopic (exact) mass is 284 g/mol. The first-order valence-electron chi connectivity index (χ1n) is 6.95. The molecule has 0 radical (unpaired) electrons. The Balaban J connectivity index is 1.46. The van der Waals surface area contributed by atoms with E-state index in [9.17, 15) is 0 Å². The standard InChI is InChI=1S/C15H16N4S/c1-2-4-14-13(3-1)11(9-20-14)7-16-12-5-6-15-17-10-18-19(15)8-12/h1-4,9-10,12,16H,5-8H2/t12-/m1/s1. The first-order chi connectivity index (χ1) is 9.90. The molecule has 0 fully saturated rings. The number of thiophene rings is 1. The SMILES string of the molecule is c1ccc2c(CN[C@@H]3CCc4ncnn4C3)csc2c1. The Morgan fingerprint density at radius 3 is 3.30 bits per heavy atom. The van der Waals surface area contributed by atoms with Crippen LogP contribution >= 0.6 is 11.3 Å². The number of nitrogens with one attached hydrogen (secondary N) is 1. The average molecular weight is 284 g/mol. The second-order valence-electron chi connectivity index (χ2n) is 5.23. The van der Waals surface area contributed by atoms with Crippen molar-refractivity contribution in [1.29, 1.82) is 0 Å². The van der Waals surface area contributed by atoms with E-state index >= 15 is 0 Å². The van der Waals surface area contributed by atoms with Crippen molar-refractivity contribution in [3.8, 4) is 0 Å². The van der Waals surface area contributed by atoms with E-state index < -0.39 is 0 Å². The zero-order valence-corrected chi connectivity index (χ0v) is 11.9. The summed E-state index contributed by atoms with van der Waals surface area (Å²) in [4.78, 5) is 4.27. The number of hydrogen-bond acceptors (Lipinski definition) is 4. The molecule has 0 bridgehead atoms. The summed E-state index contributed by atoms with van der Waals surface area (Å²) in [5.41, 5.74) is 1.40. The lowest BCUT2D eigenvalue weighted by atomic mass is 10.1. The fraction of sp³-hybridized carbons (Fsp3) is 0.333. The smallest absolute Gasteiger partial charge is 0.138 e. The summed E-state index contributed by atoms with van der Waals surface area (Å²) in [6.45, 7) is 1.86. The summed E-state index contributed by atoms with van der Waals surface area (Å²) in [7, 11) is 0. The summed E-state index contributed by atoms with van der Waals surface area (Å²) in [5.74, 6) is 1.11. The van der Waals surface area contributed by atoms with Crippen molar-refractivity contribution in [3.63, 3.8) is 0 Å². The van der Waals surface area contributed by atoms with Gasteiger partial charge in [0.15, 0.2) is 0 Å². The molecule has 5 heteroatoms. The first kappa shape index (κ1) is 12.1. The van der Waals surface area contributed by atoms with Gasteiger partial charge in [0, 0.05) is 23.7 Å². The predicted octanol–water partition coefficient (Wildman–Crippen LogP) is 2.60. The minimum atomic E-state index is 0.489. The molecule has 0 aliphatic carbocycles. The van der Waals surface area contributed by atoms with Gasteiger partial charge in [0.05, 0.1) is 6.54 Å². The molecule has 0 saturated carbocycles. The molecule has 1 aliphatic rings. The molecule has 1 N–H and O–H groups in total. The summed E-state index contributed by atoms with van der Waals surface area (Å²) < 4.78 is 3.39. The Labute approximate surface area is 121 Å². The fourth-order valence-electron chi connectivity index (χ4n) is 2.83. The summed E-state index contributed by atoms with van der Waals surface area (Å²) in [6.07, 6.45) is 3.81. The lowest BCUT2D eigenvalue weighted by Gasteiger charge is -2.23. The van der Waals surface area contributed by atoms with Gasteiger partial charge in [0.1, 0.15) is 12.2 Å².